The third-order valence-electron chi connectivity index (χ3n) is 4.10. The molecule has 0 amide bonds. The van der Waals surface area contributed by atoms with Crippen LogP contribution < -0.4 is 5.32 Å². The lowest BCUT2D eigenvalue weighted by Crippen LogP contribution is -2.32. The summed E-state index contributed by atoms with van der Waals surface area (Å²) < 4.78 is 26.7. The van der Waals surface area contributed by atoms with Gasteiger partial charge >= 0.3 is 0 Å². The number of halogens is 1. The molecule has 9 heteroatoms. The van der Waals surface area contributed by atoms with E-state index in [0.717, 1.165) is 25.2 Å². The first kappa shape index (κ1) is 14.7. The molecular formula is C12H14ClN3O4S. The van der Waals surface area contributed by atoms with Crippen molar-refractivity contribution in [3.05, 3.63) is 33.3 Å². The highest BCUT2D eigenvalue weighted by Gasteiger charge is 2.42. The summed E-state index contributed by atoms with van der Waals surface area (Å²) in [5, 5.41) is 13.8. The lowest BCUT2D eigenvalue weighted by Gasteiger charge is -2.18. The minimum absolute atomic E-state index is 0.0669. The van der Waals surface area contributed by atoms with E-state index in [9.17, 15) is 18.5 Å². The summed E-state index contributed by atoms with van der Waals surface area (Å²) in [6, 6.07) is 3.45. The van der Waals surface area contributed by atoms with Crippen LogP contribution in [-0.4, -0.2) is 43.8 Å². The van der Waals surface area contributed by atoms with Gasteiger partial charge in [-0.1, -0.05) is 11.6 Å². The Bertz CT molecular complexity index is 682. The maximum Gasteiger partial charge on any atom is 0.271 e. The number of benzene rings is 1. The maximum atomic E-state index is 12.6. The lowest BCUT2D eigenvalue weighted by atomic mass is 10.0. The molecule has 2 fully saturated rings. The minimum Gasteiger partial charge on any atom is -0.316 e. The molecular weight excluding hydrogens is 318 g/mol. The average Bonchev–Trinajstić information content (AvgIpc) is 2.98. The van der Waals surface area contributed by atoms with E-state index in [4.69, 9.17) is 11.6 Å². The van der Waals surface area contributed by atoms with Gasteiger partial charge in [-0.25, -0.2) is 8.42 Å². The third-order valence-corrected chi connectivity index (χ3v) is 6.41. The first-order valence-corrected chi connectivity index (χ1v) is 8.36. The standard InChI is InChI=1S/C12H14ClN3O4S/c13-11-3-10(16(17)18)1-2-12(11)21(19,20)15-6-8-4-14-5-9(8)7-15/h1-3,8-9,14H,4-7H2. The quantitative estimate of drug-likeness (QED) is 0.661. The molecule has 2 atom stereocenters. The van der Waals surface area contributed by atoms with Gasteiger partial charge in [0.15, 0.2) is 0 Å². The second-order valence-electron chi connectivity index (χ2n) is 5.37. The number of nitrogens with zero attached hydrogens (tertiary/aromatic N) is 2. The van der Waals surface area contributed by atoms with Crippen molar-refractivity contribution in [1.29, 1.82) is 0 Å². The van der Waals surface area contributed by atoms with E-state index in [2.05, 4.69) is 5.32 Å². The Morgan fingerprint density at radius 3 is 2.43 bits per heavy atom. The van der Waals surface area contributed by atoms with Crippen LogP contribution >= 0.6 is 11.6 Å². The van der Waals surface area contributed by atoms with Gasteiger partial charge in [-0.3, -0.25) is 10.1 Å². The second-order valence-corrected chi connectivity index (χ2v) is 7.69. The van der Waals surface area contributed by atoms with Crippen LogP contribution in [0.3, 0.4) is 0 Å². The number of sulfonamides is 1. The zero-order valence-corrected chi connectivity index (χ0v) is 12.6. The molecule has 0 saturated carbocycles. The molecule has 0 radical (unpaired) electrons. The molecule has 0 aliphatic carbocycles. The molecule has 0 bridgehead atoms. The highest BCUT2D eigenvalue weighted by atomic mass is 35.5. The Labute approximate surface area is 127 Å². The van der Waals surface area contributed by atoms with Crippen LogP contribution in [0.15, 0.2) is 23.1 Å². The van der Waals surface area contributed by atoms with Gasteiger partial charge in [0, 0.05) is 25.2 Å². The topological polar surface area (TPSA) is 92.5 Å². The monoisotopic (exact) mass is 331 g/mol. The van der Waals surface area contributed by atoms with E-state index in [0.29, 0.717) is 24.9 Å². The van der Waals surface area contributed by atoms with Crippen molar-refractivity contribution >= 4 is 27.3 Å². The van der Waals surface area contributed by atoms with Gasteiger partial charge in [0.2, 0.25) is 10.0 Å². The highest BCUT2D eigenvalue weighted by Crippen LogP contribution is 2.34. The van der Waals surface area contributed by atoms with E-state index < -0.39 is 14.9 Å². The number of non-ortho nitro benzene ring substituents is 1. The van der Waals surface area contributed by atoms with Crippen molar-refractivity contribution in [2.75, 3.05) is 26.2 Å². The highest BCUT2D eigenvalue weighted by molar-refractivity contribution is 7.89. The lowest BCUT2D eigenvalue weighted by molar-refractivity contribution is -0.384. The smallest absolute Gasteiger partial charge is 0.271 e. The van der Waals surface area contributed by atoms with E-state index in [1.807, 2.05) is 0 Å². The zero-order valence-electron chi connectivity index (χ0n) is 11.0. The molecule has 1 aromatic carbocycles. The Morgan fingerprint density at radius 1 is 1.29 bits per heavy atom. The number of nitro groups is 1. The van der Waals surface area contributed by atoms with Gasteiger partial charge in [0.25, 0.3) is 5.69 Å². The Hall–Kier alpha value is -1.22. The molecule has 2 aliphatic heterocycles. The fourth-order valence-corrected chi connectivity index (χ4v) is 5.03. The predicted octanol–water partition coefficient (Wildman–Crippen LogP) is 1.09. The molecule has 2 saturated heterocycles. The van der Waals surface area contributed by atoms with Crippen molar-refractivity contribution in [1.82, 2.24) is 9.62 Å². The van der Waals surface area contributed by atoms with Crippen LogP contribution in [0.5, 0.6) is 0 Å². The van der Waals surface area contributed by atoms with E-state index >= 15 is 0 Å². The molecule has 7 nitrogen and oxygen atoms in total. The number of nitro benzene ring substituents is 1. The summed E-state index contributed by atoms with van der Waals surface area (Å²) in [5.41, 5.74) is -0.221. The summed E-state index contributed by atoms with van der Waals surface area (Å²) >= 11 is 5.93. The zero-order chi connectivity index (χ0) is 15.2. The normalized spacial score (nSPS) is 26.0. The molecule has 1 N–H and O–H groups in total. The Balaban J connectivity index is 1.90. The molecule has 3 rings (SSSR count). The third kappa shape index (κ3) is 2.52. The van der Waals surface area contributed by atoms with Gasteiger partial charge in [-0.2, -0.15) is 4.31 Å². The molecule has 2 unspecified atom stereocenters. The van der Waals surface area contributed by atoms with E-state index in [1.165, 1.54) is 10.4 Å². The average molecular weight is 332 g/mol. The van der Waals surface area contributed by atoms with Gasteiger partial charge in [-0.15, -0.1) is 0 Å². The van der Waals surface area contributed by atoms with Crippen LogP contribution in [0.2, 0.25) is 5.02 Å². The van der Waals surface area contributed by atoms with Crippen molar-refractivity contribution in [2.24, 2.45) is 11.8 Å². The maximum absolute atomic E-state index is 12.6. The number of rotatable bonds is 3. The second kappa shape index (κ2) is 5.20. The fourth-order valence-electron chi connectivity index (χ4n) is 2.96. The van der Waals surface area contributed by atoms with E-state index in [1.54, 1.807) is 0 Å². The molecule has 2 aliphatic rings. The molecule has 2 heterocycles. The molecule has 21 heavy (non-hydrogen) atoms. The molecule has 0 aromatic heterocycles. The molecule has 0 spiro atoms. The van der Waals surface area contributed by atoms with Crippen LogP contribution in [0.4, 0.5) is 5.69 Å². The summed E-state index contributed by atoms with van der Waals surface area (Å²) in [6.07, 6.45) is 0. The summed E-state index contributed by atoms with van der Waals surface area (Å²) in [5.74, 6) is 0.660. The van der Waals surface area contributed by atoms with Crippen LogP contribution in [0.25, 0.3) is 0 Å². The number of hydrogen-bond donors (Lipinski definition) is 1. The fraction of sp³-hybridized carbons (Fsp3) is 0.500. The molecule has 1 aromatic rings. The van der Waals surface area contributed by atoms with Crippen molar-refractivity contribution < 1.29 is 13.3 Å². The summed E-state index contributed by atoms with van der Waals surface area (Å²) in [6.45, 7) is 2.58. The van der Waals surface area contributed by atoms with Gasteiger partial charge in [0.05, 0.1) is 9.95 Å². The van der Waals surface area contributed by atoms with Gasteiger partial charge in [-0.05, 0) is 31.0 Å². The van der Waals surface area contributed by atoms with Crippen molar-refractivity contribution in [3.63, 3.8) is 0 Å². The Kier molecular flexibility index (Phi) is 3.64. The summed E-state index contributed by atoms with van der Waals surface area (Å²) in [7, 11) is -3.70. The van der Waals surface area contributed by atoms with Crippen LogP contribution in [-0.2, 0) is 10.0 Å². The Morgan fingerprint density at radius 2 is 1.90 bits per heavy atom. The number of nitrogens with one attached hydrogen (secondary N) is 1. The first-order chi connectivity index (χ1) is 9.89. The number of fused-ring (bicyclic) bond motifs is 1. The van der Waals surface area contributed by atoms with Crippen LogP contribution in [0, 0.1) is 22.0 Å². The molecule has 114 valence electrons. The first-order valence-electron chi connectivity index (χ1n) is 6.54. The number of hydrogen-bond acceptors (Lipinski definition) is 5. The largest absolute Gasteiger partial charge is 0.316 e. The SMILES string of the molecule is O=[N+]([O-])c1ccc(S(=O)(=O)N2CC3CNCC3C2)c(Cl)c1. The van der Waals surface area contributed by atoms with Gasteiger partial charge < -0.3 is 5.32 Å². The summed E-state index contributed by atoms with van der Waals surface area (Å²) in [4.78, 5) is 10.0. The van der Waals surface area contributed by atoms with Crippen LogP contribution in [0.1, 0.15) is 0 Å². The van der Waals surface area contributed by atoms with Gasteiger partial charge in [0.1, 0.15) is 4.90 Å². The van der Waals surface area contributed by atoms with Crippen molar-refractivity contribution in [3.8, 4) is 0 Å². The minimum atomic E-state index is -3.70. The predicted molar refractivity (Wildman–Crippen MR) is 76.7 cm³/mol. The van der Waals surface area contributed by atoms with Crippen molar-refractivity contribution in [2.45, 2.75) is 4.90 Å². The van der Waals surface area contributed by atoms with E-state index in [-0.39, 0.29) is 15.6 Å².